The van der Waals surface area contributed by atoms with E-state index in [0.29, 0.717) is 23.2 Å². The molecule has 0 spiro atoms. The molecule has 3 aromatic rings. The quantitative estimate of drug-likeness (QED) is 0.345. The van der Waals surface area contributed by atoms with Gasteiger partial charge < -0.3 is 9.30 Å². The molecule has 168 valence electrons. The van der Waals surface area contributed by atoms with Crippen LogP contribution in [0.25, 0.3) is 0 Å². The average molecular weight is 443 g/mol. The van der Waals surface area contributed by atoms with Crippen LogP contribution in [0.3, 0.4) is 0 Å². The van der Waals surface area contributed by atoms with E-state index in [2.05, 4.69) is 19.1 Å². The van der Waals surface area contributed by atoms with Crippen LogP contribution in [0.4, 0.5) is 0 Å². The maximum Gasteiger partial charge on any atom is 0.325 e. The second-order valence-electron chi connectivity index (χ2n) is 8.62. The minimum atomic E-state index is -0.446. The van der Waals surface area contributed by atoms with Crippen LogP contribution in [-0.2, 0) is 11.3 Å². The first-order valence-electron chi connectivity index (χ1n) is 11.4. The lowest BCUT2D eigenvalue weighted by molar-refractivity contribution is -0.135. The number of hydrogen-bond acceptors (Lipinski definition) is 5. The van der Waals surface area contributed by atoms with Crippen LogP contribution < -0.4 is 4.74 Å². The molecule has 0 amide bonds. The maximum absolute atomic E-state index is 13.6. The Morgan fingerprint density at radius 2 is 1.73 bits per heavy atom. The summed E-state index contributed by atoms with van der Waals surface area (Å²) >= 11 is 0. The number of ether oxygens (including phenoxy) is 1. The van der Waals surface area contributed by atoms with E-state index in [1.807, 2.05) is 35.4 Å². The van der Waals surface area contributed by atoms with Crippen LogP contribution in [0, 0.1) is 0 Å². The minimum Gasteiger partial charge on any atom is -0.425 e. The molecule has 1 atom stereocenters. The van der Waals surface area contributed by atoms with E-state index in [9.17, 15) is 14.4 Å². The summed E-state index contributed by atoms with van der Waals surface area (Å²) in [6.07, 6.45) is 1.79. The third kappa shape index (κ3) is 3.33. The molecule has 6 nitrogen and oxygen atoms in total. The van der Waals surface area contributed by atoms with E-state index in [-0.39, 0.29) is 35.3 Å². The van der Waals surface area contributed by atoms with Gasteiger partial charge >= 0.3 is 5.97 Å². The van der Waals surface area contributed by atoms with Crippen molar-refractivity contribution >= 4 is 17.5 Å². The first kappa shape index (κ1) is 21.3. The number of likely N-dealkylation sites (N-methyl/N-ethyl adjacent to an activating group) is 1. The van der Waals surface area contributed by atoms with E-state index in [4.69, 9.17) is 4.74 Å². The third-order valence-corrected chi connectivity index (χ3v) is 6.83. The van der Waals surface area contributed by atoms with Crippen molar-refractivity contribution in [3.8, 4) is 5.75 Å². The molecular formula is C27H26N2O4. The lowest BCUT2D eigenvalue weighted by atomic mass is 9.81. The zero-order chi connectivity index (χ0) is 23.3. The highest BCUT2D eigenvalue weighted by molar-refractivity contribution is 6.30. The Bertz CT molecular complexity index is 1300. The largest absolute Gasteiger partial charge is 0.425 e. The van der Waals surface area contributed by atoms with Gasteiger partial charge in [-0.05, 0) is 30.3 Å². The number of fused-ring (bicyclic) bond motifs is 5. The first-order valence-corrected chi connectivity index (χ1v) is 11.4. The van der Waals surface area contributed by atoms with Crippen LogP contribution in [0.15, 0.2) is 48.7 Å². The summed E-state index contributed by atoms with van der Waals surface area (Å²) in [7, 11) is 0. The standard InChI is InChI=1S/C27H26N2O4/c1-4-28(5-2)15-22(30)33-21-12-8-11-19-23(21)27(32)20-14-29-13-17-9-6-7-10-18(17)16(3)25(29)24(20)26(19)31/h6-12,14,16H,4-5,13,15H2,1-3H3. The fraction of sp³-hybridized carbons (Fsp3) is 0.296. The van der Waals surface area contributed by atoms with E-state index >= 15 is 0 Å². The lowest BCUT2D eigenvalue weighted by Gasteiger charge is -2.27. The number of esters is 1. The number of ketones is 2. The summed E-state index contributed by atoms with van der Waals surface area (Å²) in [5.74, 6) is -0.773. The molecule has 0 bridgehead atoms. The Morgan fingerprint density at radius 3 is 2.48 bits per heavy atom. The second-order valence-corrected chi connectivity index (χ2v) is 8.62. The van der Waals surface area contributed by atoms with Crippen LogP contribution in [0.2, 0.25) is 0 Å². The van der Waals surface area contributed by atoms with E-state index in [1.54, 1.807) is 24.4 Å². The van der Waals surface area contributed by atoms with E-state index < -0.39 is 5.97 Å². The van der Waals surface area contributed by atoms with E-state index in [1.165, 1.54) is 11.1 Å². The summed E-state index contributed by atoms with van der Waals surface area (Å²) in [5.41, 5.74) is 4.56. The number of benzene rings is 2. The zero-order valence-corrected chi connectivity index (χ0v) is 19.1. The van der Waals surface area contributed by atoms with Crippen molar-refractivity contribution < 1.29 is 19.1 Å². The minimum absolute atomic E-state index is 0.00733. The van der Waals surface area contributed by atoms with Gasteiger partial charge in [-0.3, -0.25) is 19.3 Å². The summed E-state index contributed by atoms with van der Waals surface area (Å²) in [5, 5.41) is 0. The molecule has 0 saturated heterocycles. The molecule has 0 fully saturated rings. The van der Waals surface area contributed by atoms with Crippen molar-refractivity contribution in [2.75, 3.05) is 19.6 Å². The molecule has 0 N–H and O–H groups in total. The smallest absolute Gasteiger partial charge is 0.325 e. The molecule has 1 aliphatic carbocycles. The molecule has 6 heteroatoms. The first-order chi connectivity index (χ1) is 15.9. The Morgan fingerprint density at radius 1 is 1.00 bits per heavy atom. The fourth-order valence-corrected chi connectivity index (χ4v) is 5.10. The van der Waals surface area contributed by atoms with Gasteiger partial charge in [0.2, 0.25) is 0 Å². The Labute approximate surface area is 192 Å². The molecule has 2 heterocycles. The van der Waals surface area contributed by atoms with E-state index in [0.717, 1.165) is 18.8 Å². The van der Waals surface area contributed by atoms with Crippen LogP contribution in [-0.4, -0.2) is 46.6 Å². The molecular weight excluding hydrogens is 416 g/mol. The van der Waals surface area contributed by atoms with Gasteiger partial charge in [0.1, 0.15) is 5.75 Å². The summed E-state index contributed by atoms with van der Waals surface area (Å²) in [6.45, 7) is 8.19. The fourth-order valence-electron chi connectivity index (χ4n) is 5.10. The Hall–Kier alpha value is -3.51. The third-order valence-electron chi connectivity index (χ3n) is 6.83. The normalized spacial score (nSPS) is 16.2. The van der Waals surface area contributed by atoms with Gasteiger partial charge in [-0.15, -0.1) is 0 Å². The molecule has 0 radical (unpaired) electrons. The zero-order valence-electron chi connectivity index (χ0n) is 19.1. The number of rotatable bonds is 5. The number of carbonyl (C=O) groups is 3. The number of aromatic nitrogens is 1. The van der Waals surface area contributed by atoms with Gasteiger partial charge in [0.15, 0.2) is 11.6 Å². The summed E-state index contributed by atoms with van der Waals surface area (Å²) in [4.78, 5) is 41.7. The van der Waals surface area contributed by atoms with Crippen molar-refractivity contribution in [3.05, 3.63) is 87.7 Å². The summed E-state index contributed by atoms with van der Waals surface area (Å²) < 4.78 is 7.61. The highest BCUT2D eigenvalue weighted by atomic mass is 16.5. The van der Waals surface area contributed by atoms with Gasteiger partial charge in [0.25, 0.3) is 0 Å². The van der Waals surface area contributed by atoms with Gasteiger partial charge in [-0.2, -0.15) is 0 Å². The van der Waals surface area contributed by atoms with Gasteiger partial charge in [-0.1, -0.05) is 57.2 Å². The molecule has 1 aromatic heterocycles. The van der Waals surface area contributed by atoms with Crippen LogP contribution in [0.5, 0.6) is 5.75 Å². The SMILES string of the molecule is CCN(CC)CC(=O)Oc1cccc2c1C(=O)c1cn3c(c1C2=O)C(C)c1ccccc1C3. The van der Waals surface area contributed by atoms with Gasteiger partial charge in [0.05, 0.1) is 23.2 Å². The molecule has 2 aromatic carbocycles. The van der Waals surface area contributed by atoms with Crippen molar-refractivity contribution in [1.82, 2.24) is 9.47 Å². The highest BCUT2D eigenvalue weighted by Crippen LogP contribution is 2.42. The van der Waals surface area contributed by atoms with Crippen molar-refractivity contribution in [1.29, 1.82) is 0 Å². The predicted octanol–water partition coefficient (Wildman–Crippen LogP) is 4.02. The van der Waals surface area contributed by atoms with Crippen molar-refractivity contribution in [3.63, 3.8) is 0 Å². The summed E-state index contributed by atoms with van der Waals surface area (Å²) in [6, 6.07) is 13.1. The van der Waals surface area contributed by atoms with Gasteiger partial charge in [0, 0.05) is 29.9 Å². The Kier molecular flexibility index (Phi) is 5.25. The van der Waals surface area contributed by atoms with Gasteiger partial charge in [-0.25, -0.2) is 0 Å². The topological polar surface area (TPSA) is 68.6 Å². The molecule has 2 aliphatic rings. The lowest BCUT2D eigenvalue weighted by Crippen LogP contribution is -2.32. The maximum atomic E-state index is 13.6. The Balaban J connectivity index is 1.55. The number of nitrogens with zero attached hydrogens (tertiary/aromatic N) is 2. The van der Waals surface area contributed by atoms with Crippen molar-refractivity contribution in [2.45, 2.75) is 33.2 Å². The van der Waals surface area contributed by atoms with Crippen LogP contribution >= 0.6 is 0 Å². The molecule has 1 unspecified atom stereocenters. The molecule has 1 aliphatic heterocycles. The average Bonchev–Trinajstić information content (AvgIpc) is 3.21. The predicted molar refractivity (Wildman–Crippen MR) is 124 cm³/mol. The van der Waals surface area contributed by atoms with Crippen molar-refractivity contribution in [2.24, 2.45) is 0 Å². The number of hydrogen-bond donors (Lipinski definition) is 0. The monoisotopic (exact) mass is 442 g/mol. The second kappa shape index (κ2) is 8.12. The number of carbonyl (C=O) groups excluding carboxylic acids is 3. The molecule has 0 saturated carbocycles. The highest BCUT2D eigenvalue weighted by Gasteiger charge is 2.39. The molecule has 5 rings (SSSR count). The van der Waals surface area contributed by atoms with Crippen LogP contribution in [0.1, 0.15) is 75.4 Å². The molecule has 33 heavy (non-hydrogen) atoms.